The van der Waals surface area contributed by atoms with Gasteiger partial charge in [-0.05, 0) is 38.0 Å². The summed E-state index contributed by atoms with van der Waals surface area (Å²) in [6, 6.07) is 7.12. The van der Waals surface area contributed by atoms with E-state index in [9.17, 15) is 9.59 Å². The molecule has 1 atom stereocenters. The first kappa shape index (κ1) is 15.4. The van der Waals surface area contributed by atoms with Gasteiger partial charge in [0, 0.05) is 13.1 Å². The molecule has 0 saturated carbocycles. The molecule has 0 spiro atoms. The zero-order valence-electron chi connectivity index (χ0n) is 12.6. The summed E-state index contributed by atoms with van der Waals surface area (Å²) in [7, 11) is 0. The Balaban J connectivity index is 2.00. The Labute approximate surface area is 125 Å². The Morgan fingerprint density at radius 1 is 1.38 bits per heavy atom. The fourth-order valence-electron chi connectivity index (χ4n) is 2.43. The van der Waals surface area contributed by atoms with Crippen LogP contribution in [0.4, 0.5) is 0 Å². The van der Waals surface area contributed by atoms with Crippen molar-refractivity contribution >= 4 is 11.8 Å². The Bertz CT molecular complexity index is 499. The normalized spacial score (nSPS) is 18.9. The fourth-order valence-corrected chi connectivity index (χ4v) is 2.43. The standard InChI is InChI=1S/C16H22N2O3/c1-3-21-14-7-5-13(6-8-14)11-15(19)18-10-4-9-17-16(20)12(18)2/h5-8,12H,3-4,9-11H2,1-2H3,(H,17,20)/t12-/m1/s1. The predicted octanol–water partition coefficient (Wildman–Crippen LogP) is 1.36. The van der Waals surface area contributed by atoms with Crippen LogP contribution >= 0.6 is 0 Å². The molecule has 1 N–H and O–H groups in total. The summed E-state index contributed by atoms with van der Waals surface area (Å²) in [5, 5.41) is 2.82. The maximum Gasteiger partial charge on any atom is 0.242 e. The van der Waals surface area contributed by atoms with Crippen LogP contribution in [0.1, 0.15) is 25.8 Å². The maximum absolute atomic E-state index is 12.4. The minimum Gasteiger partial charge on any atom is -0.494 e. The van der Waals surface area contributed by atoms with Crippen molar-refractivity contribution in [3.8, 4) is 5.75 Å². The van der Waals surface area contributed by atoms with Crippen molar-refractivity contribution in [3.05, 3.63) is 29.8 Å². The Hall–Kier alpha value is -2.04. The molecule has 0 bridgehead atoms. The number of nitrogens with zero attached hydrogens (tertiary/aromatic N) is 1. The highest BCUT2D eigenvalue weighted by Crippen LogP contribution is 2.14. The molecule has 1 aliphatic rings. The minimum atomic E-state index is -0.400. The van der Waals surface area contributed by atoms with Crippen molar-refractivity contribution in [1.29, 1.82) is 0 Å². The molecule has 1 saturated heterocycles. The third-order valence-corrected chi connectivity index (χ3v) is 3.63. The molecule has 1 aromatic carbocycles. The van der Waals surface area contributed by atoms with Crippen LogP contribution in [-0.4, -0.2) is 42.5 Å². The smallest absolute Gasteiger partial charge is 0.242 e. The molecule has 2 amide bonds. The van der Waals surface area contributed by atoms with Crippen LogP contribution in [0, 0.1) is 0 Å². The quantitative estimate of drug-likeness (QED) is 0.911. The summed E-state index contributed by atoms with van der Waals surface area (Å²) in [6.07, 6.45) is 1.11. The van der Waals surface area contributed by atoms with Crippen molar-refractivity contribution in [2.45, 2.75) is 32.7 Å². The molecule has 1 heterocycles. The molecule has 5 heteroatoms. The van der Waals surface area contributed by atoms with E-state index in [-0.39, 0.29) is 11.8 Å². The van der Waals surface area contributed by atoms with Gasteiger partial charge in [0.2, 0.25) is 11.8 Å². The summed E-state index contributed by atoms with van der Waals surface area (Å²) >= 11 is 0. The van der Waals surface area contributed by atoms with Gasteiger partial charge >= 0.3 is 0 Å². The van der Waals surface area contributed by atoms with E-state index < -0.39 is 6.04 Å². The number of hydrogen-bond acceptors (Lipinski definition) is 3. The highest BCUT2D eigenvalue weighted by molar-refractivity contribution is 5.88. The van der Waals surface area contributed by atoms with Crippen LogP contribution in [0.5, 0.6) is 5.75 Å². The van der Waals surface area contributed by atoms with Gasteiger partial charge in [0.25, 0.3) is 0 Å². The molecule has 0 aliphatic carbocycles. The zero-order valence-corrected chi connectivity index (χ0v) is 12.6. The Morgan fingerprint density at radius 3 is 2.76 bits per heavy atom. The van der Waals surface area contributed by atoms with E-state index in [1.807, 2.05) is 31.2 Å². The van der Waals surface area contributed by atoms with E-state index in [1.54, 1.807) is 11.8 Å². The van der Waals surface area contributed by atoms with Gasteiger partial charge in [-0.1, -0.05) is 12.1 Å². The fraction of sp³-hybridized carbons (Fsp3) is 0.500. The first-order valence-corrected chi connectivity index (χ1v) is 7.40. The third kappa shape index (κ3) is 3.97. The van der Waals surface area contributed by atoms with Gasteiger partial charge in [-0.15, -0.1) is 0 Å². The summed E-state index contributed by atoms with van der Waals surface area (Å²) < 4.78 is 5.38. The summed E-state index contributed by atoms with van der Waals surface area (Å²) in [6.45, 7) is 5.59. The average molecular weight is 290 g/mol. The highest BCUT2D eigenvalue weighted by atomic mass is 16.5. The van der Waals surface area contributed by atoms with Crippen molar-refractivity contribution < 1.29 is 14.3 Å². The van der Waals surface area contributed by atoms with E-state index >= 15 is 0 Å². The summed E-state index contributed by atoms with van der Waals surface area (Å²) in [4.78, 5) is 25.8. The number of hydrogen-bond donors (Lipinski definition) is 1. The monoisotopic (exact) mass is 290 g/mol. The van der Waals surface area contributed by atoms with E-state index in [1.165, 1.54) is 0 Å². The lowest BCUT2D eigenvalue weighted by Gasteiger charge is -2.25. The second-order valence-corrected chi connectivity index (χ2v) is 5.16. The van der Waals surface area contributed by atoms with E-state index in [4.69, 9.17) is 4.74 Å². The number of carbonyl (C=O) groups is 2. The molecule has 0 unspecified atom stereocenters. The van der Waals surface area contributed by atoms with Gasteiger partial charge in [-0.3, -0.25) is 9.59 Å². The van der Waals surface area contributed by atoms with Crippen molar-refractivity contribution in [3.63, 3.8) is 0 Å². The van der Waals surface area contributed by atoms with E-state index in [0.717, 1.165) is 17.7 Å². The highest BCUT2D eigenvalue weighted by Gasteiger charge is 2.27. The van der Waals surface area contributed by atoms with Gasteiger partial charge in [-0.25, -0.2) is 0 Å². The molecule has 21 heavy (non-hydrogen) atoms. The lowest BCUT2D eigenvalue weighted by molar-refractivity contribution is -0.138. The molecule has 0 aromatic heterocycles. The van der Waals surface area contributed by atoms with Crippen LogP contribution in [0.15, 0.2) is 24.3 Å². The maximum atomic E-state index is 12.4. The molecule has 0 radical (unpaired) electrons. The molecular formula is C16H22N2O3. The second kappa shape index (κ2) is 7.11. The SMILES string of the molecule is CCOc1ccc(CC(=O)N2CCCNC(=O)[C@H]2C)cc1. The molecule has 2 rings (SSSR count). The molecule has 5 nitrogen and oxygen atoms in total. The molecule has 1 aliphatic heterocycles. The molecule has 1 aromatic rings. The van der Waals surface area contributed by atoms with Crippen LogP contribution in [0.2, 0.25) is 0 Å². The first-order valence-electron chi connectivity index (χ1n) is 7.40. The second-order valence-electron chi connectivity index (χ2n) is 5.16. The average Bonchev–Trinajstić information content (AvgIpc) is 2.64. The topological polar surface area (TPSA) is 58.6 Å². The predicted molar refractivity (Wildman–Crippen MR) is 80.1 cm³/mol. The molecule has 114 valence electrons. The van der Waals surface area contributed by atoms with Gasteiger partial charge < -0.3 is 15.0 Å². The number of nitrogens with one attached hydrogen (secondary N) is 1. The van der Waals surface area contributed by atoms with Crippen LogP contribution in [0.3, 0.4) is 0 Å². The number of ether oxygens (including phenoxy) is 1. The Kier molecular flexibility index (Phi) is 5.20. The third-order valence-electron chi connectivity index (χ3n) is 3.63. The Morgan fingerprint density at radius 2 is 2.10 bits per heavy atom. The van der Waals surface area contributed by atoms with Crippen molar-refractivity contribution in [2.24, 2.45) is 0 Å². The van der Waals surface area contributed by atoms with Crippen LogP contribution in [0.25, 0.3) is 0 Å². The number of carbonyl (C=O) groups excluding carboxylic acids is 2. The van der Waals surface area contributed by atoms with Crippen LogP contribution < -0.4 is 10.1 Å². The lowest BCUT2D eigenvalue weighted by Crippen LogP contribution is -2.45. The zero-order chi connectivity index (χ0) is 15.2. The number of amides is 2. The summed E-state index contributed by atoms with van der Waals surface area (Å²) in [5.41, 5.74) is 0.931. The van der Waals surface area contributed by atoms with Gasteiger partial charge in [0.05, 0.1) is 13.0 Å². The van der Waals surface area contributed by atoms with Crippen molar-refractivity contribution in [2.75, 3.05) is 19.7 Å². The van der Waals surface area contributed by atoms with Gasteiger partial charge in [0.1, 0.15) is 11.8 Å². The van der Waals surface area contributed by atoms with E-state index in [2.05, 4.69) is 5.32 Å². The van der Waals surface area contributed by atoms with E-state index in [0.29, 0.717) is 26.1 Å². The van der Waals surface area contributed by atoms with Crippen molar-refractivity contribution in [1.82, 2.24) is 10.2 Å². The largest absolute Gasteiger partial charge is 0.494 e. The molecule has 1 fully saturated rings. The summed E-state index contributed by atoms with van der Waals surface area (Å²) in [5.74, 6) is 0.715. The van der Waals surface area contributed by atoms with Crippen LogP contribution in [-0.2, 0) is 16.0 Å². The minimum absolute atomic E-state index is 0.0105. The van der Waals surface area contributed by atoms with Gasteiger partial charge in [-0.2, -0.15) is 0 Å². The number of benzene rings is 1. The van der Waals surface area contributed by atoms with Gasteiger partial charge in [0.15, 0.2) is 0 Å². The number of rotatable bonds is 4. The lowest BCUT2D eigenvalue weighted by atomic mass is 10.1. The molecular weight excluding hydrogens is 268 g/mol. The first-order chi connectivity index (χ1) is 10.1.